The van der Waals surface area contributed by atoms with Crippen molar-refractivity contribution >= 4 is 23.2 Å². The zero-order valence-electron chi connectivity index (χ0n) is 14.6. The molecule has 2 aromatic rings. The van der Waals surface area contributed by atoms with Crippen LogP contribution in [0.5, 0.6) is 0 Å². The van der Waals surface area contributed by atoms with E-state index < -0.39 is 41.5 Å². The fraction of sp³-hybridized carbons (Fsp3) is 0.211. The fourth-order valence-corrected chi connectivity index (χ4v) is 2.75. The van der Waals surface area contributed by atoms with E-state index in [0.29, 0.717) is 5.56 Å². The van der Waals surface area contributed by atoms with Gasteiger partial charge in [-0.1, -0.05) is 0 Å². The summed E-state index contributed by atoms with van der Waals surface area (Å²) in [6.07, 6.45) is 0. The SMILES string of the molecule is CC1(C)N=C(c2ccc(F)cc2)C(=O)N1CC(=O)Nc1cc(F)ccc1F. The maximum Gasteiger partial charge on any atom is 0.275 e. The summed E-state index contributed by atoms with van der Waals surface area (Å²) in [6.45, 7) is 2.87. The van der Waals surface area contributed by atoms with Crippen molar-refractivity contribution in [2.75, 3.05) is 11.9 Å². The van der Waals surface area contributed by atoms with Gasteiger partial charge in [-0.2, -0.15) is 0 Å². The normalized spacial score (nSPS) is 15.7. The molecule has 0 bridgehead atoms. The molecular weight excluding hydrogens is 359 g/mol. The van der Waals surface area contributed by atoms with Gasteiger partial charge in [0.2, 0.25) is 5.91 Å². The highest BCUT2D eigenvalue weighted by atomic mass is 19.1. The Kier molecular flexibility index (Phi) is 4.73. The highest BCUT2D eigenvalue weighted by Gasteiger charge is 2.41. The van der Waals surface area contributed by atoms with Gasteiger partial charge in [-0.15, -0.1) is 0 Å². The Morgan fingerprint density at radius 2 is 1.70 bits per heavy atom. The first-order chi connectivity index (χ1) is 12.7. The fourth-order valence-electron chi connectivity index (χ4n) is 2.75. The van der Waals surface area contributed by atoms with Gasteiger partial charge in [0.1, 0.15) is 35.4 Å². The third kappa shape index (κ3) is 3.84. The number of nitrogens with zero attached hydrogens (tertiary/aromatic N) is 2. The van der Waals surface area contributed by atoms with E-state index in [1.807, 2.05) is 0 Å². The van der Waals surface area contributed by atoms with Gasteiger partial charge in [0.15, 0.2) is 0 Å². The molecule has 1 N–H and O–H groups in total. The predicted octanol–water partition coefficient (Wildman–Crippen LogP) is 3.11. The van der Waals surface area contributed by atoms with Crippen LogP contribution in [-0.2, 0) is 9.59 Å². The lowest BCUT2D eigenvalue weighted by atomic mass is 10.1. The van der Waals surface area contributed by atoms with Crippen LogP contribution in [0.1, 0.15) is 19.4 Å². The first-order valence-electron chi connectivity index (χ1n) is 8.10. The van der Waals surface area contributed by atoms with Gasteiger partial charge < -0.3 is 10.2 Å². The van der Waals surface area contributed by atoms with Crippen molar-refractivity contribution in [3.8, 4) is 0 Å². The number of halogens is 3. The van der Waals surface area contributed by atoms with Crippen molar-refractivity contribution in [2.45, 2.75) is 19.5 Å². The van der Waals surface area contributed by atoms with E-state index in [0.717, 1.165) is 18.2 Å². The number of benzene rings is 2. The molecule has 140 valence electrons. The van der Waals surface area contributed by atoms with Crippen LogP contribution in [0.4, 0.5) is 18.9 Å². The molecule has 0 aromatic heterocycles. The molecule has 3 rings (SSSR count). The van der Waals surface area contributed by atoms with Gasteiger partial charge in [-0.05, 0) is 50.2 Å². The predicted molar refractivity (Wildman–Crippen MR) is 93.7 cm³/mol. The van der Waals surface area contributed by atoms with Crippen LogP contribution in [0.25, 0.3) is 0 Å². The first kappa shape index (κ1) is 18.6. The number of aliphatic imine (C=N–C) groups is 1. The van der Waals surface area contributed by atoms with E-state index in [1.54, 1.807) is 13.8 Å². The average molecular weight is 375 g/mol. The minimum Gasteiger partial charge on any atom is -0.322 e. The largest absolute Gasteiger partial charge is 0.322 e. The Morgan fingerprint density at radius 1 is 1.07 bits per heavy atom. The molecule has 0 fully saturated rings. The first-order valence-corrected chi connectivity index (χ1v) is 8.10. The number of hydrogen-bond acceptors (Lipinski definition) is 3. The molecule has 1 heterocycles. The van der Waals surface area contributed by atoms with Crippen LogP contribution in [0.3, 0.4) is 0 Å². The molecule has 1 aliphatic rings. The summed E-state index contributed by atoms with van der Waals surface area (Å²) < 4.78 is 40.0. The van der Waals surface area contributed by atoms with Crippen molar-refractivity contribution in [1.82, 2.24) is 4.90 Å². The smallest absolute Gasteiger partial charge is 0.275 e. The lowest BCUT2D eigenvalue weighted by Gasteiger charge is -2.28. The van der Waals surface area contributed by atoms with E-state index in [1.165, 1.54) is 29.2 Å². The van der Waals surface area contributed by atoms with Crippen LogP contribution in [0.2, 0.25) is 0 Å². The molecule has 8 heteroatoms. The van der Waals surface area contributed by atoms with Gasteiger partial charge in [-0.3, -0.25) is 14.6 Å². The third-order valence-corrected chi connectivity index (χ3v) is 4.12. The Bertz CT molecular complexity index is 940. The second kappa shape index (κ2) is 6.86. The molecule has 0 unspecified atom stereocenters. The van der Waals surface area contributed by atoms with Crippen molar-refractivity contribution in [3.63, 3.8) is 0 Å². The molecule has 2 aromatic carbocycles. The number of carbonyl (C=O) groups excluding carboxylic acids is 2. The van der Waals surface area contributed by atoms with Crippen LogP contribution >= 0.6 is 0 Å². The molecule has 2 amide bonds. The summed E-state index contributed by atoms with van der Waals surface area (Å²) in [5.41, 5.74) is -0.819. The monoisotopic (exact) mass is 375 g/mol. The molecule has 0 spiro atoms. The summed E-state index contributed by atoms with van der Waals surface area (Å²) in [6, 6.07) is 7.94. The summed E-state index contributed by atoms with van der Waals surface area (Å²) >= 11 is 0. The van der Waals surface area contributed by atoms with Crippen molar-refractivity contribution < 1.29 is 22.8 Å². The topological polar surface area (TPSA) is 61.8 Å². The van der Waals surface area contributed by atoms with Gasteiger partial charge in [-0.25, -0.2) is 13.2 Å². The number of carbonyl (C=O) groups is 2. The molecule has 0 saturated carbocycles. The van der Waals surface area contributed by atoms with E-state index in [-0.39, 0.29) is 11.4 Å². The Hall–Kier alpha value is -3.16. The number of nitrogens with one attached hydrogen (secondary N) is 1. The zero-order chi connectivity index (χ0) is 19.8. The third-order valence-electron chi connectivity index (χ3n) is 4.12. The van der Waals surface area contributed by atoms with Crippen molar-refractivity contribution in [2.24, 2.45) is 4.99 Å². The van der Waals surface area contributed by atoms with E-state index in [2.05, 4.69) is 10.3 Å². The van der Waals surface area contributed by atoms with Crippen LogP contribution < -0.4 is 5.32 Å². The number of hydrogen-bond donors (Lipinski definition) is 1. The molecule has 5 nitrogen and oxygen atoms in total. The van der Waals surface area contributed by atoms with E-state index in [4.69, 9.17) is 0 Å². The summed E-state index contributed by atoms with van der Waals surface area (Å²) in [7, 11) is 0. The Balaban J connectivity index is 1.77. The minimum atomic E-state index is -1.03. The molecule has 0 atom stereocenters. The lowest BCUT2D eigenvalue weighted by molar-refractivity contribution is -0.131. The number of anilines is 1. The molecule has 27 heavy (non-hydrogen) atoms. The van der Waals surface area contributed by atoms with Gasteiger partial charge in [0, 0.05) is 11.6 Å². The summed E-state index contributed by atoms with van der Waals surface area (Å²) in [5, 5.41) is 2.25. The maximum atomic E-state index is 13.7. The lowest BCUT2D eigenvalue weighted by Crippen LogP contribution is -2.46. The number of rotatable bonds is 4. The van der Waals surface area contributed by atoms with Crippen LogP contribution in [-0.4, -0.2) is 34.6 Å². The zero-order valence-corrected chi connectivity index (χ0v) is 14.6. The molecule has 0 aliphatic carbocycles. The summed E-state index contributed by atoms with van der Waals surface area (Å²) in [4.78, 5) is 30.5. The van der Waals surface area contributed by atoms with Crippen molar-refractivity contribution in [3.05, 3.63) is 65.5 Å². The van der Waals surface area contributed by atoms with E-state index in [9.17, 15) is 22.8 Å². The van der Waals surface area contributed by atoms with Gasteiger partial charge in [0.25, 0.3) is 5.91 Å². The number of amides is 2. The molecular formula is C19H16F3N3O2. The van der Waals surface area contributed by atoms with Crippen LogP contribution in [0, 0.1) is 17.5 Å². The van der Waals surface area contributed by atoms with Crippen molar-refractivity contribution in [1.29, 1.82) is 0 Å². The standard InChI is InChI=1S/C19H16F3N3O2/c1-19(2)24-17(11-3-5-12(20)6-4-11)18(27)25(19)10-16(26)23-15-9-13(21)7-8-14(15)22/h3-9H,10H2,1-2H3,(H,23,26). The minimum absolute atomic E-state index is 0.102. The summed E-state index contributed by atoms with van der Waals surface area (Å²) in [5.74, 6) is -3.15. The molecule has 0 radical (unpaired) electrons. The second-order valence-corrected chi connectivity index (χ2v) is 6.53. The van der Waals surface area contributed by atoms with Gasteiger partial charge in [0.05, 0.1) is 5.69 Å². The molecule has 1 aliphatic heterocycles. The van der Waals surface area contributed by atoms with Gasteiger partial charge >= 0.3 is 0 Å². The highest BCUT2D eigenvalue weighted by Crippen LogP contribution is 2.26. The maximum absolute atomic E-state index is 13.7. The average Bonchev–Trinajstić information content (AvgIpc) is 2.82. The second-order valence-electron chi connectivity index (χ2n) is 6.53. The Morgan fingerprint density at radius 3 is 2.37 bits per heavy atom. The molecule has 0 saturated heterocycles. The van der Waals surface area contributed by atoms with Crippen LogP contribution in [0.15, 0.2) is 47.5 Å². The highest BCUT2D eigenvalue weighted by molar-refractivity contribution is 6.47. The quantitative estimate of drug-likeness (QED) is 0.893. The Labute approximate surface area is 153 Å². The van der Waals surface area contributed by atoms with E-state index >= 15 is 0 Å².